The predicted molar refractivity (Wildman–Crippen MR) is 86.3 cm³/mol. The van der Waals surface area contributed by atoms with Gasteiger partial charge in [-0.25, -0.2) is 0 Å². The molecule has 112 valence electrons. The molecule has 1 aromatic carbocycles. The Morgan fingerprint density at radius 2 is 1.29 bits per heavy atom. The van der Waals surface area contributed by atoms with Crippen LogP contribution in [0.4, 0.5) is 0 Å². The highest BCUT2D eigenvalue weighted by atomic mass is 16.1. The third-order valence-electron chi connectivity index (χ3n) is 5.24. The predicted octanol–water partition coefficient (Wildman–Crippen LogP) is 4.02. The van der Waals surface area contributed by atoms with Crippen LogP contribution < -0.4 is 5.73 Å². The van der Waals surface area contributed by atoms with Crippen LogP contribution in [0.3, 0.4) is 0 Å². The van der Waals surface area contributed by atoms with Gasteiger partial charge in [-0.05, 0) is 73.8 Å². The number of hydrogen-bond acceptors (Lipinski definition) is 1. The van der Waals surface area contributed by atoms with E-state index in [1.54, 1.807) is 44.6 Å². The molecule has 2 nitrogen and oxygen atoms in total. The largest absolute Gasteiger partial charge is 0.366 e. The molecule has 0 atom stereocenters. The Labute approximate surface area is 127 Å². The van der Waals surface area contributed by atoms with Gasteiger partial charge in [-0.15, -0.1) is 0 Å². The fourth-order valence-corrected chi connectivity index (χ4v) is 4.73. The molecule has 4 bridgehead atoms. The van der Waals surface area contributed by atoms with Crippen molar-refractivity contribution in [2.24, 2.45) is 29.4 Å². The van der Waals surface area contributed by atoms with E-state index in [-0.39, 0.29) is 0 Å². The maximum absolute atomic E-state index is 10.3. The molecule has 4 aliphatic carbocycles. The summed E-state index contributed by atoms with van der Waals surface area (Å²) in [7, 11) is 0. The van der Waals surface area contributed by atoms with E-state index in [1.807, 2.05) is 30.3 Å². The molecule has 0 aromatic heterocycles. The van der Waals surface area contributed by atoms with Crippen molar-refractivity contribution in [1.82, 2.24) is 0 Å². The van der Waals surface area contributed by atoms with E-state index in [1.165, 1.54) is 29.7 Å². The number of nitrogens with two attached hydrogens (primary N) is 1. The number of amides is 1. The van der Waals surface area contributed by atoms with Crippen LogP contribution in [-0.2, 0) is 4.79 Å². The molecule has 4 aliphatic rings. The van der Waals surface area contributed by atoms with Crippen molar-refractivity contribution in [1.29, 1.82) is 0 Å². The summed E-state index contributed by atoms with van der Waals surface area (Å²) in [6.45, 7) is 0. The van der Waals surface area contributed by atoms with Crippen molar-refractivity contribution in [3.05, 3.63) is 42.0 Å². The van der Waals surface area contributed by atoms with Gasteiger partial charge >= 0.3 is 0 Å². The number of benzene rings is 1. The van der Waals surface area contributed by atoms with Gasteiger partial charge in [0.15, 0.2) is 0 Å². The van der Waals surface area contributed by atoms with Gasteiger partial charge in [0.1, 0.15) is 0 Å². The Bertz CT molecular complexity index is 449. The van der Waals surface area contributed by atoms with Crippen molar-refractivity contribution in [2.45, 2.75) is 38.5 Å². The molecule has 21 heavy (non-hydrogen) atoms. The molecule has 0 unspecified atom stereocenters. The van der Waals surface area contributed by atoms with Crippen LogP contribution in [0, 0.1) is 23.7 Å². The third kappa shape index (κ3) is 3.96. The summed E-state index contributed by atoms with van der Waals surface area (Å²) in [5.74, 6) is 4.29. The molecule has 0 saturated heterocycles. The van der Waals surface area contributed by atoms with Crippen LogP contribution in [0.5, 0.6) is 0 Å². The summed E-state index contributed by atoms with van der Waals surface area (Å²) in [6, 6.07) is 9.53. The number of carbonyl (C=O) groups is 1. The van der Waals surface area contributed by atoms with E-state index < -0.39 is 5.91 Å². The van der Waals surface area contributed by atoms with Crippen molar-refractivity contribution >= 4 is 12.0 Å². The molecule has 0 aliphatic heterocycles. The maximum atomic E-state index is 10.3. The molecule has 0 heterocycles. The van der Waals surface area contributed by atoms with Crippen molar-refractivity contribution in [2.75, 3.05) is 0 Å². The van der Waals surface area contributed by atoms with E-state index in [9.17, 15) is 4.79 Å². The van der Waals surface area contributed by atoms with Crippen LogP contribution in [0.2, 0.25) is 0 Å². The van der Waals surface area contributed by atoms with Gasteiger partial charge in [0, 0.05) is 6.08 Å². The Balaban J connectivity index is 0.000000126. The average molecular weight is 283 g/mol. The number of primary amides is 1. The molecule has 1 aromatic rings. The van der Waals surface area contributed by atoms with Gasteiger partial charge < -0.3 is 5.73 Å². The zero-order valence-electron chi connectivity index (χ0n) is 12.6. The summed E-state index contributed by atoms with van der Waals surface area (Å²) >= 11 is 0. The van der Waals surface area contributed by atoms with Gasteiger partial charge in [0.2, 0.25) is 5.91 Å². The first kappa shape index (κ1) is 14.4. The monoisotopic (exact) mass is 283 g/mol. The number of carbonyl (C=O) groups excluding carboxylic acids is 1. The second kappa shape index (κ2) is 6.46. The van der Waals surface area contributed by atoms with Crippen LogP contribution in [-0.4, -0.2) is 5.91 Å². The Morgan fingerprint density at radius 3 is 1.67 bits per heavy atom. The number of hydrogen-bond donors (Lipinski definition) is 1. The minimum atomic E-state index is -0.422. The summed E-state index contributed by atoms with van der Waals surface area (Å²) in [4.78, 5) is 10.3. The molecule has 0 spiro atoms. The molecule has 0 radical (unpaired) electrons. The Hall–Kier alpha value is -1.57. The summed E-state index contributed by atoms with van der Waals surface area (Å²) in [6.07, 6.45) is 12.7. The van der Waals surface area contributed by atoms with Gasteiger partial charge in [0.25, 0.3) is 0 Å². The molecule has 2 heteroatoms. The van der Waals surface area contributed by atoms with Crippen molar-refractivity contribution < 1.29 is 4.79 Å². The summed E-state index contributed by atoms with van der Waals surface area (Å²) in [5.41, 5.74) is 5.89. The number of rotatable bonds is 2. The quantitative estimate of drug-likeness (QED) is 0.819. The van der Waals surface area contributed by atoms with Crippen molar-refractivity contribution in [3.8, 4) is 0 Å². The van der Waals surface area contributed by atoms with E-state index in [0.717, 1.165) is 5.56 Å². The van der Waals surface area contributed by atoms with E-state index >= 15 is 0 Å². The molecule has 2 N–H and O–H groups in total. The molecule has 1 amide bonds. The Kier molecular flexibility index (Phi) is 4.42. The van der Waals surface area contributed by atoms with Gasteiger partial charge in [-0.1, -0.05) is 30.3 Å². The highest BCUT2D eigenvalue weighted by molar-refractivity contribution is 5.90. The maximum Gasteiger partial charge on any atom is 0.241 e. The minimum Gasteiger partial charge on any atom is -0.366 e. The second-order valence-corrected chi connectivity index (χ2v) is 7.02. The normalized spacial score (nSPS) is 32.8. The fourth-order valence-electron chi connectivity index (χ4n) is 4.73. The Morgan fingerprint density at radius 1 is 0.857 bits per heavy atom. The average Bonchev–Trinajstić information content (AvgIpc) is 2.45. The standard InChI is InChI=1S/C10H16.C9H9NO/c1-7-2-9-4-8(1)5-10(3-7)6-9;10-9(11)7-6-8-4-2-1-3-5-8/h7-10H,1-6H2;1-7H,(H2,10,11). The smallest absolute Gasteiger partial charge is 0.241 e. The summed E-state index contributed by atoms with van der Waals surface area (Å²) < 4.78 is 0. The second-order valence-electron chi connectivity index (χ2n) is 7.02. The fraction of sp³-hybridized carbons (Fsp3) is 0.526. The van der Waals surface area contributed by atoms with Gasteiger partial charge in [-0.3, -0.25) is 4.79 Å². The zero-order chi connectivity index (χ0) is 14.7. The van der Waals surface area contributed by atoms with Crippen LogP contribution in [0.1, 0.15) is 44.1 Å². The highest BCUT2D eigenvalue weighted by Gasteiger charge is 2.41. The van der Waals surface area contributed by atoms with E-state index in [2.05, 4.69) is 0 Å². The zero-order valence-corrected chi connectivity index (χ0v) is 12.6. The van der Waals surface area contributed by atoms with Crippen LogP contribution >= 0.6 is 0 Å². The van der Waals surface area contributed by atoms with Gasteiger partial charge in [-0.2, -0.15) is 0 Å². The van der Waals surface area contributed by atoms with E-state index in [0.29, 0.717) is 0 Å². The lowest BCUT2D eigenvalue weighted by atomic mass is 9.56. The first-order valence-electron chi connectivity index (χ1n) is 8.21. The molecular weight excluding hydrogens is 258 g/mol. The minimum absolute atomic E-state index is 0.422. The molecule has 5 rings (SSSR count). The SMILES string of the molecule is C1C2CC3CC1CC(C2)C3.NC(=O)C=Cc1ccccc1. The first-order valence-corrected chi connectivity index (χ1v) is 8.21. The first-order chi connectivity index (χ1) is 10.2. The van der Waals surface area contributed by atoms with Gasteiger partial charge in [0.05, 0.1) is 0 Å². The van der Waals surface area contributed by atoms with Crippen LogP contribution in [0.15, 0.2) is 36.4 Å². The lowest BCUT2D eigenvalue weighted by Crippen LogP contribution is -2.38. The summed E-state index contributed by atoms with van der Waals surface area (Å²) in [5, 5.41) is 0. The lowest BCUT2D eigenvalue weighted by molar-refractivity contribution is -0.113. The third-order valence-corrected chi connectivity index (χ3v) is 5.24. The van der Waals surface area contributed by atoms with Crippen LogP contribution in [0.25, 0.3) is 6.08 Å². The topological polar surface area (TPSA) is 43.1 Å². The lowest BCUT2D eigenvalue weighted by Gasteiger charge is -2.49. The van der Waals surface area contributed by atoms with Crippen molar-refractivity contribution in [3.63, 3.8) is 0 Å². The highest BCUT2D eigenvalue weighted by Crippen LogP contribution is 2.53. The molecule has 4 saturated carbocycles. The van der Waals surface area contributed by atoms with E-state index in [4.69, 9.17) is 5.73 Å². The molecule has 4 fully saturated rings. The molecular formula is C19H25NO.